The summed E-state index contributed by atoms with van der Waals surface area (Å²) in [5.41, 5.74) is -1.67. The molecule has 0 unspecified atom stereocenters. The maximum Gasteiger partial charge on any atom is 0.420 e. The lowest BCUT2D eigenvalue weighted by atomic mass is 10.1. The molecule has 1 amide bonds. The van der Waals surface area contributed by atoms with Crippen LogP contribution in [0, 0.1) is 0 Å². The van der Waals surface area contributed by atoms with E-state index >= 15 is 0 Å². The van der Waals surface area contributed by atoms with Crippen LogP contribution < -0.4 is 19.1 Å². The number of carbonyl (C=O) groups excluding carboxylic acids is 1. The number of methoxy groups -OCH3 is 1. The molecule has 0 aromatic heterocycles. The van der Waals surface area contributed by atoms with Crippen LogP contribution in [0.4, 0.5) is 24.5 Å². The second-order valence-electron chi connectivity index (χ2n) is 8.31. The Morgan fingerprint density at radius 3 is 2.44 bits per heavy atom. The second kappa shape index (κ2) is 10.7. The number of amides is 1. The van der Waals surface area contributed by atoms with Crippen molar-refractivity contribution in [2.45, 2.75) is 17.5 Å². The Labute approximate surface area is 225 Å². The number of nitrogens with one attached hydrogen (secondary N) is 1. The van der Waals surface area contributed by atoms with Crippen molar-refractivity contribution in [2.24, 2.45) is 0 Å². The third-order valence-corrected chi connectivity index (χ3v) is 7.78. The number of alkyl halides is 3. The normalized spacial score (nSPS) is 13.3. The smallest absolute Gasteiger partial charge is 0.420 e. The van der Waals surface area contributed by atoms with E-state index in [1.807, 2.05) is 0 Å². The maximum absolute atomic E-state index is 14.0. The Balaban J connectivity index is 1.78. The van der Waals surface area contributed by atoms with E-state index in [1.165, 1.54) is 43.5 Å². The van der Waals surface area contributed by atoms with E-state index in [2.05, 4.69) is 5.32 Å². The number of rotatable bonds is 7. The van der Waals surface area contributed by atoms with Gasteiger partial charge in [-0.1, -0.05) is 23.7 Å². The molecule has 14 heteroatoms. The van der Waals surface area contributed by atoms with Gasteiger partial charge in [0, 0.05) is 16.3 Å². The lowest BCUT2D eigenvalue weighted by Crippen LogP contribution is -2.39. The number of nitrogens with zero attached hydrogens (tertiary/aromatic N) is 1. The van der Waals surface area contributed by atoms with Crippen LogP contribution in [0.1, 0.15) is 21.5 Å². The summed E-state index contributed by atoms with van der Waals surface area (Å²) < 4.78 is 80.5. The predicted molar refractivity (Wildman–Crippen MR) is 135 cm³/mol. The molecule has 0 fully saturated rings. The molecule has 4 rings (SSSR count). The number of carbonyl (C=O) groups is 2. The van der Waals surface area contributed by atoms with Crippen molar-refractivity contribution in [3.8, 4) is 11.5 Å². The van der Waals surface area contributed by atoms with Gasteiger partial charge in [0.2, 0.25) is 0 Å². The molecule has 3 aromatic rings. The zero-order valence-corrected chi connectivity index (χ0v) is 21.7. The van der Waals surface area contributed by atoms with Gasteiger partial charge in [0.25, 0.3) is 15.9 Å². The van der Waals surface area contributed by atoms with Gasteiger partial charge in [0.15, 0.2) is 5.75 Å². The van der Waals surface area contributed by atoms with Crippen molar-refractivity contribution in [3.63, 3.8) is 0 Å². The van der Waals surface area contributed by atoms with Gasteiger partial charge < -0.3 is 19.9 Å². The average Bonchev–Trinajstić information content (AvgIpc) is 2.87. The summed E-state index contributed by atoms with van der Waals surface area (Å²) >= 11 is 5.99. The number of ether oxygens (including phenoxy) is 2. The highest BCUT2D eigenvalue weighted by Crippen LogP contribution is 2.46. The van der Waals surface area contributed by atoms with Gasteiger partial charge in [-0.2, -0.15) is 13.2 Å². The first-order valence-corrected chi connectivity index (χ1v) is 13.0. The molecule has 1 aliphatic heterocycles. The Morgan fingerprint density at radius 1 is 1.13 bits per heavy atom. The lowest BCUT2D eigenvalue weighted by Gasteiger charge is -2.32. The number of anilines is 2. The maximum atomic E-state index is 14.0. The predicted octanol–water partition coefficient (Wildman–Crippen LogP) is 4.83. The molecule has 0 aliphatic carbocycles. The van der Waals surface area contributed by atoms with Gasteiger partial charge >= 0.3 is 12.1 Å². The fourth-order valence-corrected chi connectivity index (χ4v) is 5.81. The molecule has 206 valence electrons. The van der Waals surface area contributed by atoms with E-state index in [0.29, 0.717) is 15.9 Å². The third kappa shape index (κ3) is 5.88. The Bertz CT molecular complexity index is 1540. The molecule has 9 nitrogen and oxygen atoms in total. The van der Waals surface area contributed by atoms with Crippen molar-refractivity contribution < 1.29 is 45.8 Å². The van der Waals surface area contributed by atoms with Gasteiger partial charge in [0.1, 0.15) is 22.8 Å². The van der Waals surface area contributed by atoms with Crippen molar-refractivity contribution in [2.75, 3.05) is 29.9 Å². The molecule has 1 heterocycles. The van der Waals surface area contributed by atoms with Crippen LogP contribution in [0.3, 0.4) is 0 Å². The molecule has 0 spiro atoms. The number of hydrogen-bond acceptors (Lipinski definition) is 6. The summed E-state index contributed by atoms with van der Waals surface area (Å²) in [5.74, 6) is -2.84. The first-order valence-electron chi connectivity index (χ1n) is 11.2. The molecule has 0 saturated heterocycles. The van der Waals surface area contributed by atoms with E-state index in [9.17, 15) is 31.2 Å². The van der Waals surface area contributed by atoms with Crippen LogP contribution in [-0.2, 0) is 27.4 Å². The number of sulfonamides is 1. The van der Waals surface area contributed by atoms with Crippen LogP contribution in [0.25, 0.3) is 0 Å². The molecule has 0 radical (unpaired) electrons. The summed E-state index contributed by atoms with van der Waals surface area (Å²) in [6, 6.07) is 11.1. The molecule has 1 aliphatic rings. The summed E-state index contributed by atoms with van der Waals surface area (Å²) in [6.45, 7) is -0.731. The second-order valence-corrected chi connectivity index (χ2v) is 10.6. The van der Waals surface area contributed by atoms with E-state index in [-0.39, 0.29) is 40.9 Å². The van der Waals surface area contributed by atoms with Crippen molar-refractivity contribution >= 4 is 44.9 Å². The Morgan fingerprint density at radius 2 is 1.82 bits per heavy atom. The van der Waals surface area contributed by atoms with Crippen LogP contribution in [0.15, 0.2) is 59.5 Å². The quantitative estimate of drug-likeness (QED) is 0.408. The van der Waals surface area contributed by atoms with Gasteiger partial charge in [-0.15, -0.1) is 0 Å². The first kappa shape index (κ1) is 28.0. The molecule has 39 heavy (non-hydrogen) atoms. The molecule has 0 atom stereocenters. The summed E-state index contributed by atoms with van der Waals surface area (Å²) in [7, 11) is -3.29. The van der Waals surface area contributed by atoms with E-state index < -0.39 is 50.6 Å². The van der Waals surface area contributed by atoms with Gasteiger partial charge in [-0.05, 0) is 48.0 Å². The van der Waals surface area contributed by atoms with E-state index in [1.54, 1.807) is 0 Å². The highest BCUT2D eigenvalue weighted by molar-refractivity contribution is 7.93. The summed E-state index contributed by atoms with van der Waals surface area (Å²) in [5, 5.41) is 11.4. The van der Waals surface area contributed by atoms with Crippen molar-refractivity contribution in [1.82, 2.24) is 0 Å². The molecular formula is C25H20ClF3N2O7S. The number of carboxylic acid groups (broad SMARTS) is 1. The highest BCUT2D eigenvalue weighted by Gasteiger charge is 2.41. The fourth-order valence-electron chi connectivity index (χ4n) is 3.95. The minimum absolute atomic E-state index is 0.0568. The third-order valence-electron chi connectivity index (χ3n) is 5.71. The number of fused-ring (bicyclic) bond motifs is 1. The minimum Gasteiger partial charge on any atom is -0.495 e. The Kier molecular flexibility index (Phi) is 7.66. The Hall–Kier alpha value is -3.97. The fraction of sp³-hybridized carbons (Fsp3) is 0.200. The van der Waals surface area contributed by atoms with Crippen LogP contribution >= 0.6 is 11.6 Å². The molecular weight excluding hydrogens is 565 g/mol. The number of aliphatic carboxylic acids is 1. The molecule has 2 N–H and O–H groups in total. The summed E-state index contributed by atoms with van der Waals surface area (Å²) in [6.07, 6.45) is -5.24. The van der Waals surface area contributed by atoms with Gasteiger partial charge in [-0.3, -0.25) is 13.9 Å². The number of benzene rings is 3. The number of carboxylic acids is 1. The van der Waals surface area contributed by atoms with Crippen molar-refractivity contribution in [3.05, 3.63) is 76.3 Å². The monoisotopic (exact) mass is 584 g/mol. The van der Waals surface area contributed by atoms with Gasteiger partial charge in [-0.25, -0.2) is 8.42 Å². The minimum atomic E-state index is -4.99. The highest BCUT2D eigenvalue weighted by atomic mass is 35.5. The zero-order chi connectivity index (χ0) is 28.5. The SMILES string of the molecule is COc1ccc(Cl)cc1S(=O)(=O)N1CCOc2c1cc(C(=O)Nc1ccc(CC(=O)O)cc1)cc2C(F)(F)F. The molecule has 3 aromatic carbocycles. The van der Waals surface area contributed by atoms with E-state index in [0.717, 1.165) is 12.1 Å². The van der Waals surface area contributed by atoms with Crippen molar-refractivity contribution in [1.29, 1.82) is 0 Å². The van der Waals surface area contributed by atoms with Gasteiger partial charge in [0.05, 0.1) is 25.8 Å². The first-order chi connectivity index (χ1) is 18.3. The topological polar surface area (TPSA) is 122 Å². The van der Waals surface area contributed by atoms with E-state index in [4.69, 9.17) is 26.2 Å². The summed E-state index contributed by atoms with van der Waals surface area (Å²) in [4.78, 5) is 23.5. The van der Waals surface area contributed by atoms with Crippen LogP contribution in [-0.4, -0.2) is 45.7 Å². The zero-order valence-electron chi connectivity index (χ0n) is 20.1. The average molecular weight is 585 g/mol. The van der Waals surface area contributed by atoms with Crippen LogP contribution in [0.5, 0.6) is 11.5 Å². The molecule has 0 bridgehead atoms. The largest absolute Gasteiger partial charge is 0.495 e. The molecule has 0 saturated carbocycles. The lowest BCUT2D eigenvalue weighted by molar-refractivity contribution is -0.139. The standard InChI is InChI=1S/C25H20ClF3N2O7S/c1-37-20-7-4-16(26)13-21(20)39(35,36)31-8-9-38-23-18(25(27,28)29)11-15(12-19(23)31)24(34)30-17-5-2-14(3-6-17)10-22(32)33/h2-7,11-13H,8-10H2,1H3,(H,30,34)(H,32,33). The van der Waals surface area contributed by atoms with Crippen LogP contribution in [0.2, 0.25) is 5.02 Å². The number of halogens is 4. The number of hydrogen-bond donors (Lipinski definition) is 2.